The molecule has 4 rings (SSSR count). The number of pyridine rings is 1. The SMILES string of the molecule is COc1cc(-c2cc3n(n2)CCC3NC(=O)c2cnn(C(F)(F)F)c2)c(F)cn1. The van der Waals surface area contributed by atoms with Crippen LogP contribution in [0.3, 0.4) is 0 Å². The van der Waals surface area contributed by atoms with Crippen LogP contribution in [0.5, 0.6) is 5.88 Å². The lowest BCUT2D eigenvalue weighted by atomic mass is 10.1. The monoisotopic (exact) mass is 410 g/mol. The Labute approximate surface area is 161 Å². The Bertz CT molecular complexity index is 1070. The van der Waals surface area contributed by atoms with Crippen molar-refractivity contribution >= 4 is 5.91 Å². The molecule has 12 heteroatoms. The van der Waals surface area contributed by atoms with Crippen LogP contribution >= 0.6 is 0 Å². The van der Waals surface area contributed by atoms with Gasteiger partial charge in [-0.05, 0) is 12.5 Å². The first-order valence-corrected chi connectivity index (χ1v) is 8.46. The second-order valence-corrected chi connectivity index (χ2v) is 6.34. The minimum atomic E-state index is -4.70. The second-order valence-electron chi connectivity index (χ2n) is 6.34. The van der Waals surface area contributed by atoms with Gasteiger partial charge in [0.2, 0.25) is 5.88 Å². The number of nitrogens with one attached hydrogen (secondary N) is 1. The van der Waals surface area contributed by atoms with E-state index in [4.69, 9.17) is 4.74 Å². The van der Waals surface area contributed by atoms with Crippen LogP contribution < -0.4 is 10.1 Å². The Hall–Kier alpha value is -3.44. The van der Waals surface area contributed by atoms with Crippen molar-refractivity contribution in [1.29, 1.82) is 0 Å². The van der Waals surface area contributed by atoms with Crippen molar-refractivity contribution in [2.45, 2.75) is 25.3 Å². The van der Waals surface area contributed by atoms with Crippen molar-refractivity contribution in [1.82, 2.24) is 29.9 Å². The quantitative estimate of drug-likeness (QED) is 0.669. The Balaban J connectivity index is 1.55. The maximum absolute atomic E-state index is 14.1. The molecule has 1 N–H and O–H groups in total. The van der Waals surface area contributed by atoms with Gasteiger partial charge in [0.25, 0.3) is 5.91 Å². The summed E-state index contributed by atoms with van der Waals surface area (Å²) < 4.78 is 58.4. The zero-order valence-corrected chi connectivity index (χ0v) is 14.9. The third kappa shape index (κ3) is 3.52. The van der Waals surface area contributed by atoms with E-state index in [0.717, 1.165) is 12.4 Å². The molecule has 0 spiro atoms. The highest BCUT2D eigenvalue weighted by Gasteiger charge is 2.33. The molecule has 0 radical (unpaired) electrons. The Kier molecular flexibility index (Phi) is 4.47. The summed E-state index contributed by atoms with van der Waals surface area (Å²) in [5.41, 5.74) is 0.925. The van der Waals surface area contributed by atoms with Crippen LogP contribution in [-0.4, -0.2) is 37.6 Å². The number of fused-ring (bicyclic) bond motifs is 1. The number of ether oxygens (including phenoxy) is 1. The molecular formula is C17H14F4N6O2. The van der Waals surface area contributed by atoms with Gasteiger partial charge in [-0.15, -0.1) is 13.2 Å². The topological polar surface area (TPSA) is 86.9 Å². The van der Waals surface area contributed by atoms with Crippen molar-refractivity contribution in [2.24, 2.45) is 0 Å². The van der Waals surface area contributed by atoms with Crippen molar-refractivity contribution in [3.63, 3.8) is 0 Å². The predicted octanol–water partition coefficient (Wildman–Crippen LogP) is 2.64. The molecule has 0 fully saturated rings. The third-order valence-corrected chi connectivity index (χ3v) is 4.52. The van der Waals surface area contributed by atoms with Gasteiger partial charge in [0.05, 0.1) is 42.5 Å². The lowest BCUT2D eigenvalue weighted by Crippen LogP contribution is -2.27. The van der Waals surface area contributed by atoms with Crippen LogP contribution in [0.15, 0.2) is 30.7 Å². The number of rotatable bonds is 4. The number of halogens is 4. The number of methoxy groups -OCH3 is 1. The molecule has 3 aromatic heterocycles. The number of aryl methyl sites for hydroxylation is 1. The highest BCUT2D eigenvalue weighted by atomic mass is 19.4. The summed E-state index contributed by atoms with van der Waals surface area (Å²) in [5.74, 6) is -1.05. The number of aromatic nitrogens is 5. The molecule has 0 saturated carbocycles. The average Bonchev–Trinajstić information content (AvgIpc) is 3.38. The summed E-state index contributed by atoms with van der Waals surface area (Å²) in [6, 6.07) is 2.55. The van der Waals surface area contributed by atoms with Crippen LogP contribution in [0.2, 0.25) is 0 Å². The van der Waals surface area contributed by atoms with Crippen molar-refractivity contribution in [2.75, 3.05) is 7.11 Å². The smallest absolute Gasteiger partial charge is 0.481 e. The first-order chi connectivity index (χ1) is 13.8. The Morgan fingerprint density at radius 2 is 2.10 bits per heavy atom. The maximum Gasteiger partial charge on any atom is 0.504 e. The fourth-order valence-electron chi connectivity index (χ4n) is 3.12. The second kappa shape index (κ2) is 6.87. The van der Waals surface area contributed by atoms with Gasteiger partial charge >= 0.3 is 6.30 Å². The van der Waals surface area contributed by atoms with Gasteiger partial charge in [-0.1, -0.05) is 0 Å². The fourth-order valence-corrected chi connectivity index (χ4v) is 3.12. The molecule has 1 amide bonds. The van der Waals surface area contributed by atoms with Gasteiger partial charge in [-0.3, -0.25) is 9.48 Å². The van der Waals surface area contributed by atoms with Crippen molar-refractivity contribution < 1.29 is 27.1 Å². The molecule has 4 heterocycles. The highest BCUT2D eigenvalue weighted by Crippen LogP contribution is 2.32. The van der Waals surface area contributed by atoms with Gasteiger partial charge < -0.3 is 10.1 Å². The van der Waals surface area contributed by atoms with Gasteiger partial charge in [0.15, 0.2) is 5.82 Å². The number of hydrogen-bond donors (Lipinski definition) is 1. The zero-order valence-electron chi connectivity index (χ0n) is 14.9. The normalized spacial score (nSPS) is 16.0. The first kappa shape index (κ1) is 18.9. The van der Waals surface area contributed by atoms with Gasteiger partial charge in [-0.25, -0.2) is 9.37 Å². The number of carbonyl (C=O) groups excluding carboxylic acids is 1. The summed E-state index contributed by atoms with van der Waals surface area (Å²) in [6.45, 7) is 0.464. The molecule has 1 aliphatic heterocycles. The molecular weight excluding hydrogens is 396 g/mol. The minimum absolute atomic E-state index is 0.190. The highest BCUT2D eigenvalue weighted by molar-refractivity contribution is 5.94. The van der Waals surface area contributed by atoms with Gasteiger partial charge in [0, 0.05) is 24.4 Å². The molecule has 29 heavy (non-hydrogen) atoms. The lowest BCUT2D eigenvalue weighted by Gasteiger charge is -2.11. The summed E-state index contributed by atoms with van der Waals surface area (Å²) in [4.78, 5) is 16.1. The molecule has 152 valence electrons. The van der Waals surface area contributed by atoms with Crippen LogP contribution in [0, 0.1) is 5.82 Å². The van der Waals surface area contributed by atoms with Crippen LogP contribution in [0.4, 0.5) is 17.6 Å². The molecule has 0 aromatic carbocycles. The zero-order chi connectivity index (χ0) is 20.8. The molecule has 0 aliphatic carbocycles. The Morgan fingerprint density at radius 1 is 1.31 bits per heavy atom. The molecule has 8 nitrogen and oxygen atoms in total. The van der Waals surface area contributed by atoms with Crippen molar-refractivity contribution in [3.8, 4) is 17.1 Å². The summed E-state index contributed by atoms with van der Waals surface area (Å²) in [7, 11) is 1.41. The van der Waals surface area contributed by atoms with E-state index in [9.17, 15) is 22.4 Å². The lowest BCUT2D eigenvalue weighted by molar-refractivity contribution is -0.212. The molecule has 0 bridgehead atoms. The van der Waals surface area contributed by atoms with E-state index in [1.807, 2.05) is 0 Å². The molecule has 3 aromatic rings. The summed E-state index contributed by atoms with van der Waals surface area (Å²) in [6.07, 6.45) is -1.71. The van der Waals surface area contributed by atoms with Crippen LogP contribution in [-0.2, 0) is 12.8 Å². The van der Waals surface area contributed by atoms with E-state index >= 15 is 0 Å². The maximum atomic E-state index is 14.1. The van der Waals surface area contributed by atoms with Crippen LogP contribution in [0.1, 0.15) is 28.5 Å². The van der Waals surface area contributed by atoms with Crippen LogP contribution in [0.25, 0.3) is 11.3 Å². The third-order valence-electron chi connectivity index (χ3n) is 4.52. The van der Waals surface area contributed by atoms with E-state index in [1.54, 1.807) is 10.7 Å². The molecule has 1 aliphatic rings. The molecule has 1 unspecified atom stereocenters. The van der Waals surface area contributed by atoms with Gasteiger partial charge in [0.1, 0.15) is 0 Å². The molecule has 0 saturated heterocycles. The number of nitrogens with zero attached hydrogens (tertiary/aromatic N) is 5. The van der Waals surface area contributed by atoms with Gasteiger partial charge in [-0.2, -0.15) is 14.9 Å². The van der Waals surface area contributed by atoms with E-state index in [0.29, 0.717) is 30.6 Å². The number of hydrogen-bond acceptors (Lipinski definition) is 5. The van der Waals surface area contributed by atoms with E-state index in [-0.39, 0.29) is 21.7 Å². The summed E-state index contributed by atoms with van der Waals surface area (Å²) in [5, 5.41) is 10.2. The molecule has 1 atom stereocenters. The summed E-state index contributed by atoms with van der Waals surface area (Å²) >= 11 is 0. The van der Waals surface area contributed by atoms with E-state index in [1.165, 1.54) is 13.2 Å². The fraction of sp³-hybridized carbons (Fsp3) is 0.294. The number of alkyl halides is 3. The number of amides is 1. The van der Waals surface area contributed by atoms with E-state index in [2.05, 4.69) is 20.5 Å². The average molecular weight is 410 g/mol. The minimum Gasteiger partial charge on any atom is -0.481 e. The predicted molar refractivity (Wildman–Crippen MR) is 90.3 cm³/mol. The standard InChI is InChI=1S/C17H14F4N6O2/c1-29-15-4-10(11(18)7-22-15)13-5-14-12(2-3-26(14)25-13)24-16(28)9-6-23-27(8-9)17(19,20)21/h4-8,12H,2-3H2,1H3,(H,24,28). The largest absolute Gasteiger partial charge is 0.504 e. The number of carbonyl (C=O) groups is 1. The first-order valence-electron chi connectivity index (χ1n) is 8.46. The van der Waals surface area contributed by atoms with Crippen molar-refractivity contribution in [3.05, 3.63) is 47.8 Å². The Morgan fingerprint density at radius 3 is 2.79 bits per heavy atom. The van der Waals surface area contributed by atoms with E-state index < -0.39 is 24.1 Å².